The van der Waals surface area contributed by atoms with Crippen LogP contribution in [0.2, 0.25) is 0 Å². The van der Waals surface area contributed by atoms with Gasteiger partial charge < -0.3 is 10.1 Å². The lowest BCUT2D eigenvalue weighted by atomic mass is 10.1. The predicted octanol–water partition coefficient (Wildman–Crippen LogP) is 2.85. The predicted molar refractivity (Wildman–Crippen MR) is 129 cm³/mol. The molecule has 0 bridgehead atoms. The lowest BCUT2D eigenvalue weighted by molar-refractivity contribution is -0.126. The fourth-order valence-corrected chi connectivity index (χ4v) is 6.25. The van der Waals surface area contributed by atoms with Gasteiger partial charge in [-0.25, -0.2) is 8.42 Å². The van der Waals surface area contributed by atoms with Crippen molar-refractivity contribution in [2.24, 2.45) is 0 Å². The van der Waals surface area contributed by atoms with Crippen LogP contribution in [0.15, 0.2) is 47.4 Å². The molecule has 182 valence electrons. The Hall–Kier alpha value is -2.91. The second-order valence-corrected chi connectivity index (χ2v) is 10.6. The SMILES string of the molecule is CCC(=O)N1c2ccc(S(=O)(=O)N3CCCCC3)cc2CC1C(=O)NCc1ccccc1OC. The summed E-state index contributed by atoms with van der Waals surface area (Å²) in [5.41, 5.74) is 2.12. The average molecular weight is 486 g/mol. The summed E-state index contributed by atoms with van der Waals surface area (Å²) in [5.74, 6) is 0.207. The minimum Gasteiger partial charge on any atom is -0.496 e. The number of hydrogen-bond acceptors (Lipinski definition) is 5. The molecule has 2 aliphatic heterocycles. The van der Waals surface area contributed by atoms with Crippen LogP contribution in [0.4, 0.5) is 5.69 Å². The highest BCUT2D eigenvalue weighted by molar-refractivity contribution is 7.89. The lowest BCUT2D eigenvalue weighted by Gasteiger charge is -2.26. The van der Waals surface area contributed by atoms with Gasteiger partial charge in [0.25, 0.3) is 0 Å². The molecule has 2 aromatic rings. The minimum atomic E-state index is -3.60. The Kier molecular flexibility index (Phi) is 7.23. The lowest BCUT2D eigenvalue weighted by Crippen LogP contribution is -2.47. The highest BCUT2D eigenvalue weighted by Gasteiger charge is 2.39. The third-order valence-corrected chi connectivity index (χ3v) is 8.40. The Bertz CT molecular complexity index is 1170. The monoisotopic (exact) mass is 485 g/mol. The summed E-state index contributed by atoms with van der Waals surface area (Å²) in [4.78, 5) is 27.7. The van der Waals surface area contributed by atoms with Crippen molar-refractivity contribution >= 4 is 27.5 Å². The smallest absolute Gasteiger partial charge is 0.243 e. The van der Waals surface area contributed by atoms with Crippen molar-refractivity contribution < 1.29 is 22.7 Å². The summed E-state index contributed by atoms with van der Waals surface area (Å²) < 4.78 is 33.2. The Balaban J connectivity index is 1.57. The zero-order chi connectivity index (χ0) is 24.3. The van der Waals surface area contributed by atoms with Gasteiger partial charge in [0.2, 0.25) is 21.8 Å². The van der Waals surface area contributed by atoms with Crippen molar-refractivity contribution in [1.82, 2.24) is 9.62 Å². The van der Waals surface area contributed by atoms with Gasteiger partial charge in [-0.15, -0.1) is 0 Å². The number of carbonyl (C=O) groups excluding carboxylic acids is 2. The van der Waals surface area contributed by atoms with E-state index in [9.17, 15) is 18.0 Å². The van der Waals surface area contributed by atoms with Crippen molar-refractivity contribution in [2.45, 2.75) is 56.5 Å². The van der Waals surface area contributed by atoms with Crippen LogP contribution < -0.4 is 15.0 Å². The Morgan fingerprint density at radius 3 is 2.53 bits per heavy atom. The normalized spacial score (nSPS) is 18.4. The largest absolute Gasteiger partial charge is 0.496 e. The third kappa shape index (κ3) is 4.67. The molecule has 0 radical (unpaired) electrons. The summed E-state index contributed by atoms with van der Waals surface area (Å²) in [6, 6.07) is 11.5. The minimum absolute atomic E-state index is 0.178. The van der Waals surface area contributed by atoms with E-state index in [1.165, 1.54) is 9.21 Å². The molecule has 0 aliphatic carbocycles. The molecule has 2 aromatic carbocycles. The molecular formula is C25H31N3O5S. The second-order valence-electron chi connectivity index (χ2n) is 8.62. The molecule has 0 saturated carbocycles. The van der Waals surface area contributed by atoms with E-state index in [1.54, 1.807) is 32.2 Å². The van der Waals surface area contributed by atoms with Crippen LogP contribution in [0, 0.1) is 0 Å². The van der Waals surface area contributed by atoms with E-state index < -0.39 is 16.1 Å². The summed E-state index contributed by atoms with van der Waals surface area (Å²) in [5, 5.41) is 2.92. The van der Waals surface area contributed by atoms with E-state index >= 15 is 0 Å². The average Bonchev–Trinajstić information content (AvgIpc) is 3.26. The molecular weight excluding hydrogens is 454 g/mol. The maximum Gasteiger partial charge on any atom is 0.243 e. The quantitative estimate of drug-likeness (QED) is 0.651. The first-order valence-electron chi connectivity index (χ1n) is 11.7. The first-order valence-corrected chi connectivity index (χ1v) is 13.2. The summed E-state index contributed by atoms with van der Waals surface area (Å²) >= 11 is 0. The van der Waals surface area contributed by atoms with Crippen LogP contribution in [-0.2, 0) is 32.6 Å². The van der Waals surface area contributed by atoms with Crippen molar-refractivity contribution in [1.29, 1.82) is 0 Å². The van der Waals surface area contributed by atoms with E-state index in [0.29, 0.717) is 30.1 Å². The van der Waals surface area contributed by atoms with Crippen LogP contribution >= 0.6 is 0 Å². The van der Waals surface area contributed by atoms with Gasteiger partial charge in [-0.1, -0.05) is 31.5 Å². The van der Waals surface area contributed by atoms with Gasteiger partial charge in [0.05, 0.1) is 12.0 Å². The molecule has 2 heterocycles. The van der Waals surface area contributed by atoms with Gasteiger partial charge in [0.1, 0.15) is 11.8 Å². The number of benzene rings is 2. The maximum atomic E-state index is 13.2. The molecule has 1 unspecified atom stereocenters. The molecule has 9 heteroatoms. The zero-order valence-corrected chi connectivity index (χ0v) is 20.4. The van der Waals surface area contributed by atoms with Crippen LogP contribution in [-0.4, -0.2) is 50.8 Å². The topological polar surface area (TPSA) is 96.0 Å². The number of ether oxygens (including phenoxy) is 1. The number of hydrogen-bond donors (Lipinski definition) is 1. The van der Waals surface area contributed by atoms with Gasteiger partial charge in [0.15, 0.2) is 0 Å². The first kappa shape index (κ1) is 24.2. The molecule has 4 rings (SSSR count). The van der Waals surface area contributed by atoms with Crippen molar-refractivity contribution in [3.63, 3.8) is 0 Å². The highest BCUT2D eigenvalue weighted by Crippen LogP contribution is 2.35. The van der Waals surface area contributed by atoms with E-state index in [4.69, 9.17) is 4.74 Å². The molecule has 8 nitrogen and oxygen atoms in total. The molecule has 1 atom stereocenters. The first-order chi connectivity index (χ1) is 16.4. The number of para-hydroxylation sites is 1. The van der Waals surface area contributed by atoms with E-state index in [1.807, 2.05) is 24.3 Å². The second kappa shape index (κ2) is 10.1. The summed E-state index contributed by atoms with van der Waals surface area (Å²) in [6.07, 6.45) is 3.26. The van der Waals surface area contributed by atoms with Gasteiger partial charge in [-0.3, -0.25) is 14.5 Å². The van der Waals surface area contributed by atoms with Gasteiger partial charge in [-0.05, 0) is 42.7 Å². The number of piperidine rings is 1. The van der Waals surface area contributed by atoms with Gasteiger partial charge in [-0.2, -0.15) is 4.31 Å². The zero-order valence-electron chi connectivity index (χ0n) is 19.6. The molecule has 1 fully saturated rings. The number of methoxy groups -OCH3 is 1. The fourth-order valence-electron chi connectivity index (χ4n) is 4.68. The number of anilines is 1. The van der Waals surface area contributed by atoms with Crippen LogP contribution in [0.3, 0.4) is 0 Å². The van der Waals surface area contributed by atoms with Gasteiger partial charge >= 0.3 is 0 Å². The Morgan fingerprint density at radius 1 is 1.09 bits per heavy atom. The Morgan fingerprint density at radius 2 is 1.82 bits per heavy atom. The molecule has 0 spiro atoms. The molecule has 1 N–H and O–H groups in total. The summed E-state index contributed by atoms with van der Waals surface area (Å²) in [6.45, 7) is 3.05. The molecule has 2 amide bonds. The molecule has 1 saturated heterocycles. The van der Waals surface area contributed by atoms with Crippen LogP contribution in [0.25, 0.3) is 0 Å². The maximum absolute atomic E-state index is 13.2. The third-order valence-electron chi connectivity index (χ3n) is 6.51. The number of rotatable bonds is 7. The van der Waals surface area contributed by atoms with E-state index in [-0.39, 0.29) is 36.1 Å². The summed E-state index contributed by atoms with van der Waals surface area (Å²) in [7, 11) is -2.03. The number of nitrogens with one attached hydrogen (secondary N) is 1. The number of carbonyl (C=O) groups is 2. The number of fused-ring (bicyclic) bond motifs is 1. The van der Waals surface area contributed by atoms with Crippen molar-refractivity contribution in [3.8, 4) is 5.75 Å². The van der Waals surface area contributed by atoms with Crippen molar-refractivity contribution in [2.75, 3.05) is 25.1 Å². The molecule has 34 heavy (non-hydrogen) atoms. The van der Waals surface area contributed by atoms with Crippen LogP contribution in [0.1, 0.15) is 43.7 Å². The standard InChI is InChI=1S/C25H31N3O5S/c1-3-24(29)28-21-12-11-20(34(31,32)27-13-7-4-8-14-27)15-19(21)16-22(28)25(30)26-17-18-9-5-6-10-23(18)33-2/h5-6,9-12,15,22H,3-4,7-8,13-14,16-17H2,1-2H3,(H,26,30). The fraction of sp³-hybridized carbons (Fsp3) is 0.440. The van der Waals surface area contributed by atoms with E-state index in [0.717, 1.165) is 24.8 Å². The molecule has 2 aliphatic rings. The van der Waals surface area contributed by atoms with E-state index in [2.05, 4.69) is 5.32 Å². The highest BCUT2D eigenvalue weighted by atomic mass is 32.2. The molecule has 0 aromatic heterocycles. The van der Waals surface area contributed by atoms with Crippen LogP contribution in [0.5, 0.6) is 5.75 Å². The Labute approximate surface area is 200 Å². The number of amides is 2. The number of sulfonamides is 1. The van der Waals surface area contributed by atoms with Crippen molar-refractivity contribution in [3.05, 3.63) is 53.6 Å². The van der Waals surface area contributed by atoms with Gasteiger partial charge in [0, 0.05) is 43.7 Å². The number of nitrogens with zero attached hydrogens (tertiary/aromatic N) is 2.